The van der Waals surface area contributed by atoms with Crippen LogP contribution in [0.2, 0.25) is 0 Å². The number of nitrogens with two attached hydrogens (primary N) is 1. The molecular formula is C18H25N3O2. The van der Waals surface area contributed by atoms with Crippen molar-refractivity contribution in [3.05, 3.63) is 35.4 Å². The second-order valence-corrected chi connectivity index (χ2v) is 6.56. The highest BCUT2D eigenvalue weighted by molar-refractivity contribution is 5.84. The van der Waals surface area contributed by atoms with Gasteiger partial charge < -0.3 is 10.6 Å². The van der Waals surface area contributed by atoms with E-state index in [1.807, 2.05) is 15.9 Å². The van der Waals surface area contributed by atoms with Crippen LogP contribution >= 0.6 is 0 Å². The van der Waals surface area contributed by atoms with Crippen molar-refractivity contribution in [2.24, 2.45) is 5.73 Å². The lowest BCUT2D eigenvalue weighted by Gasteiger charge is -2.30. The minimum Gasteiger partial charge on any atom is -0.369 e. The van der Waals surface area contributed by atoms with Crippen molar-refractivity contribution in [1.29, 1.82) is 0 Å². The minimum atomic E-state index is -0.300. The smallest absolute Gasteiger partial charge is 0.231 e. The van der Waals surface area contributed by atoms with Crippen LogP contribution in [0.15, 0.2) is 24.3 Å². The molecule has 1 saturated heterocycles. The molecule has 0 spiro atoms. The lowest BCUT2D eigenvalue weighted by molar-refractivity contribution is -0.133. The number of aryl methyl sites for hydroxylation is 1. The maximum atomic E-state index is 13.0. The number of rotatable bonds is 3. The molecule has 1 fully saturated rings. The van der Waals surface area contributed by atoms with Crippen LogP contribution in [0.25, 0.3) is 0 Å². The molecule has 3 rings (SSSR count). The number of amides is 2. The Morgan fingerprint density at radius 1 is 1.09 bits per heavy atom. The molecule has 1 atom stereocenters. The summed E-state index contributed by atoms with van der Waals surface area (Å²) in [5.74, 6) is -0.0494. The molecule has 0 aromatic heterocycles. The molecule has 23 heavy (non-hydrogen) atoms. The first kappa shape index (κ1) is 16.0. The van der Waals surface area contributed by atoms with Crippen LogP contribution in [0.5, 0.6) is 0 Å². The molecule has 1 aromatic rings. The molecule has 0 saturated carbocycles. The predicted molar refractivity (Wildman–Crippen MR) is 89.0 cm³/mol. The molecule has 124 valence electrons. The van der Waals surface area contributed by atoms with Crippen LogP contribution in [0.1, 0.15) is 36.3 Å². The van der Waals surface area contributed by atoms with Gasteiger partial charge in [0.1, 0.15) is 0 Å². The van der Waals surface area contributed by atoms with E-state index in [4.69, 9.17) is 5.73 Å². The van der Waals surface area contributed by atoms with E-state index in [-0.39, 0.29) is 24.3 Å². The second-order valence-electron chi connectivity index (χ2n) is 6.56. The number of hydrogen-bond donors (Lipinski definition) is 1. The molecule has 5 nitrogen and oxygen atoms in total. The van der Waals surface area contributed by atoms with Gasteiger partial charge in [0.25, 0.3) is 0 Å². The fourth-order valence-corrected chi connectivity index (χ4v) is 3.80. The Hall–Kier alpha value is -1.88. The summed E-state index contributed by atoms with van der Waals surface area (Å²) in [6, 6.07) is 8.33. The van der Waals surface area contributed by atoms with Crippen molar-refractivity contribution < 1.29 is 9.59 Å². The number of benzene rings is 1. The quantitative estimate of drug-likeness (QED) is 0.909. The van der Waals surface area contributed by atoms with Gasteiger partial charge >= 0.3 is 0 Å². The van der Waals surface area contributed by atoms with Crippen molar-refractivity contribution >= 4 is 11.8 Å². The molecule has 1 aliphatic heterocycles. The molecule has 1 aliphatic carbocycles. The van der Waals surface area contributed by atoms with Gasteiger partial charge in [-0.2, -0.15) is 0 Å². The molecule has 0 unspecified atom stereocenters. The third-order valence-corrected chi connectivity index (χ3v) is 4.95. The Labute approximate surface area is 137 Å². The summed E-state index contributed by atoms with van der Waals surface area (Å²) in [5.41, 5.74) is 7.81. The highest BCUT2D eigenvalue weighted by Gasteiger charge is 2.30. The van der Waals surface area contributed by atoms with E-state index in [9.17, 15) is 9.59 Å². The standard InChI is InChI=1S/C18H25N3O2/c19-17(22)13-20-9-4-10-21(12-11-20)18(23)16-8-3-6-14-5-1-2-7-15(14)16/h1-2,5,7,16H,3-4,6,8-13H2,(H2,19,22)/t16-/m1/s1. The Kier molecular flexibility index (Phi) is 4.96. The summed E-state index contributed by atoms with van der Waals surface area (Å²) in [4.78, 5) is 28.1. The van der Waals surface area contributed by atoms with Gasteiger partial charge in [-0.15, -0.1) is 0 Å². The largest absolute Gasteiger partial charge is 0.369 e. The van der Waals surface area contributed by atoms with Gasteiger partial charge in [0.05, 0.1) is 12.5 Å². The molecule has 2 aliphatic rings. The third-order valence-electron chi connectivity index (χ3n) is 4.95. The maximum Gasteiger partial charge on any atom is 0.231 e. The summed E-state index contributed by atoms with van der Waals surface area (Å²) < 4.78 is 0. The zero-order valence-corrected chi connectivity index (χ0v) is 13.5. The third kappa shape index (κ3) is 3.72. The first-order chi connectivity index (χ1) is 11.1. The fraction of sp³-hybridized carbons (Fsp3) is 0.556. The molecule has 2 N–H and O–H groups in total. The van der Waals surface area contributed by atoms with Crippen LogP contribution < -0.4 is 5.73 Å². The van der Waals surface area contributed by atoms with Crippen molar-refractivity contribution in [3.8, 4) is 0 Å². The van der Waals surface area contributed by atoms with Gasteiger partial charge in [-0.1, -0.05) is 24.3 Å². The lowest BCUT2D eigenvalue weighted by atomic mass is 9.82. The molecule has 5 heteroatoms. The van der Waals surface area contributed by atoms with E-state index in [1.165, 1.54) is 11.1 Å². The van der Waals surface area contributed by atoms with E-state index in [2.05, 4.69) is 18.2 Å². The number of carbonyl (C=O) groups is 2. The van der Waals surface area contributed by atoms with Gasteiger partial charge in [-0.3, -0.25) is 14.5 Å². The zero-order valence-electron chi connectivity index (χ0n) is 13.5. The van der Waals surface area contributed by atoms with E-state index >= 15 is 0 Å². The fourth-order valence-electron chi connectivity index (χ4n) is 3.80. The van der Waals surface area contributed by atoms with Gasteiger partial charge in [0.2, 0.25) is 11.8 Å². The van der Waals surface area contributed by atoms with Gasteiger partial charge in [-0.25, -0.2) is 0 Å². The summed E-state index contributed by atoms with van der Waals surface area (Å²) in [6.45, 7) is 3.29. The summed E-state index contributed by atoms with van der Waals surface area (Å²) in [6.07, 6.45) is 3.99. The topological polar surface area (TPSA) is 66.6 Å². The maximum absolute atomic E-state index is 13.0. The van der Waals surface area contributed by atoms with E-state index < -0.39 is 0 Å². The van der Waals surface area contributed by atoms with Crippen molar-refractivity contribution in [2.45, 2.75) is 31.6 Å². The SMILES string of the molecule is NC(=O)CN1CCCN(C(=O)[C@@H]2CCCc3ccccc32)CC1. The van der Waals surface area contributed by atoms with Crippen LogP contribution in [-0.2, 0) is 16.0 Å². The second kappa shape index (κ2) is 7.13. The first-order valence-electron chi connectivity index (χ1n) is 8.52. The molecule has 0 radical (unpaired) electrons. The summed E-state index contributed by atoms with van der Waals surface area (Å²) >= 11 is 0. The highest BCUT2D eigenvalue weighted by Crippen LogP contribution is 2.33. The number of nitrogens with zero attached hydrogens (tertiary/aromatic N) is 2. The van der Waals surface area contributed by atoms with Gasteiger partial charge in [-0.05, 0) is 36.8 Å². The monoisotopic (exact) mass is 315 g/mol. The number of carbonyl (C=O) groups excluding carboxylic acids is 2. The van der Waals surface area contributed by atoms with Crippen molar-refractivity contribution in [3.63, 3.8) is 0 Å². The normalized spacial score (nSPS) is 22.3. The summed E-state index contributed by atoms with van der Waals surface area (Å²) in [5, 5.41) is 0. The Morgan fingerprint density at radius 3 is 2.74 bits per heavy atom. The Balaban J connectivity index is 1.68. The number of primary amides is 1. The Bertz CT molecular complexity index is 587. The average molecular weight is 315 g/mol. The van der Waals surface area contributed by atoms with Crippen molar-refractivity contribution in [1.82, 2.24) is 9.80 Å². The molecule has 1 heterocycles. The molecule has 1 aromatic carbocycles. The van der Waals surface area contributed by atoms with Gasteiger partial charge in [0, 0.05) is 26.2 Å². The Morgan fingerprint density at radius 2 is 1.91 bits per heavy atom. The van der Waals surface area contributed by atoms with Gasteiger partial charge in [0.15, 0.2) is 0 Å². The molecule has 0 bridgehead atoms. The lowest BCUT2D eigenvalue weighted by Crippen LogP contribution is -2.40. The molecular weight excluding hydrogens is 290 g/mol. The van der Waals surface area contributed by atoms with E-state index in [0.29, 0.717) is 6.54 Å². The number of fused-ring (bicyclic) bond motifs is 1. The van der Waals surface area contributed by atoms with Crippen molar-refractivity contribution in [2.75, 3.05) is 32.7 Å². The van der Waals surface area contributed by atoms with Crippen LogP contribution in [0.4, 0.5) is 0 Å². The number of hydrogen-bond acceptors (Lipinski definition) is 3. The minimum absolute atomic E-state index is 0.00244. The van der Waals surface area contributed by atoms with Crippen LogP contribution in [-0.4, -0.2) is 54.3 Å². The average Bonchev–Trinajstić information content (AvgIpc) is 2.79. The van der Waals surface area contributed by atoms with Crippen LogP contribution in [0.3, 0.4) is 0 Å². The summed E-state index contributed by atoms with van der Waals surface area (Å²) in [7, 11) is 0. The predicted octanol–water partition coefficient (Wildman–Crippen LogP) is 1.13. The first-order valence-corrected chi connectivity index (χ1v) is 8.52. The van der Waals surface area contributed by atoms with E-state index in [1.54, 1.807) is 0 Å². The zero-order chi connectivity index (χ0) is 16.2. The molecule has 2 amide bonds. The van der Waals surface area contributed by atoms with Crippen LogP contribution in [0, 0.1) is 0 Å². The highest BCUT2D eigenvalue weighted by atomic mass is 16.2. The van der Waals surface area contributed by atoms with E-state index in [0.717, 1.165) is 45.3 Å².